The molecule has 12 nitrogen and oxygen atoms in total. The van der Waals surface area contributed by atoms with Crippen LogP contribution in [0, 0.1) is 5.82 Å². The van der Waals surface area contributed by atoms with E-state index in [1.165, 1.54) is 41.1 Å². The summed E-state index contributed by atoms with van der Waals surface area (Å²) in [7, 11) is -3.96. The van der Waals surface area contributed by atoms with Crippen LogP contribution in [0.3, 0.4) is 0 Å². The van der Waals surface area contributed by atoms with Crippen LogP contribution in [-0.2, 0) is 20.4 Å². The summed E-state index contributed by atoms with van der Waals surface area (Å²) >= 11 is 6.48. The zero-order valence-corrected chi connectivity index (χ0v) is 25.4. The maximum absolute atomic E-state index is 15.4. The summed E-state index contributed by atoms with van der Waals surface area (Å²) in [6.45, 7) is 7.12. The molecule has 1 aromatic carbocycles. The lowest BCUT2D eigenvalue weighted by atomic mass is 9.98. The summed E-state index contributed by atoms with van der Waals surface area (Å²) in [5.74, 6) is -0.165. The van der Waals surface area contributed by atoms with Gasteiger partial charge in [-0.2, -0.15) is 4.31 Å². The smallest absolute Gasteiger partial charge is 0.247 e. The van der Waals surface area contributed by atoms with Gasteiger partial charge in [-0.05, 0) is 58.4 Å². The Bertz CT molecular complexity index is 1800. The van der Waals surface area contributed by atoms with E-state index >= 15 is 4.39 Å². The monoisotopic (exact) mass is 631 g/mol. The van der Waals surface area contributed by atoms with Gasteiger partial charge in [-0.25, -0.2) is 27.8 Å². The minimum absolute atomic E-state index is 0.0115. The predicted octanol–water partition coefficient (Wildman–Crippen LogP) is 3.45. The second kappa shape index (κ2) is 10.7. The molecule has 0 spiro atoms. The molecule has 6 rings (SSSR count). The Balaban J connectivity index is 1.31. The number of imidazole rings is 1. The molecule has 43 heavy (non-hydrogen) atoms. The molecule has 5 heterocycles. The average Bonchev–Trinajstić information content (AvgIpc) is 3.53. The topological polar surface area (TPSA) is 156 Å². The normalized spacial score (nSPS) is 22.9. The van der Waals surface area contributed by atoms with Crippen molar-refractivity contribution >= 4 is 38.6 Å². The van der Waals surface area contributed by atoms with Gasteiger partial charge in [-0.1, -0.05) is 11.6 Å². The number of hydrogen-bond donors (Lipinski definition) is 3. The van der Waals surface area contributed by atoms with Crippen LogP contribution in [0.25, 0.3) is 22.3 Å². The maximum atomic E-state index is 15.4. The summed E-state index contributed by atoms with van der Waals surface area (Å²) < 4.78 is 50.7. The Morgan fingerprint density at radius 2 is 2.00 bits per heavy atom. The quantitative estimate of drug-likeness (QED) is 0.276. The van der Waals surface area contributed by atoms with Crippen LogP contribution in [-0.4, -0.2) is 78.5 Å². The fourth-order valence-electron chi connectivity index (χ4n) is 5.76. The van der Waals surface area contributed by atoms with E-state index < -0.39 is 45.9 Å². The van der Waals surface area contributed by atoms with Gasteiger partial charge >= 0.3 is 0 Å². The predicted molar refractivity (Wildman–Crippen MR) is 156 cm³/mol. The highest BCUT2D eigenvalue weighted by molar-refractivity contribution is 7.89. The van der Waals surface area contributed by atoms with E-state index in [4.69, 9.17) is 16.3 Å². The summed E-state index contributed by atoms with van der Waals surface area (Å²) in [6, 6.07) is 4.64. The van der Waals surface area contributed by atoms with Crippen LogP contribution in [0.4, 0.5) is 10.3 Å². The third-order valence-corrected chi connectivity index (χ3v) is 9.83. The van der Waals surface area contributed by atoms with Crippen molar-refractivity contribution in [2.45, 2.75) is 75.1 Å². The molecule has 2 saturated heterocycles. The second-order valence-corrected chi connectivity index (χ2v) is 13.8. The maximum Gasteiger partial charge on any atom is 0.247 e. The molecule has 2 bridgehead atoms. The molecule has 15 heteroatoms. The number of hydrogen-bond acceptors (Lipinski definition) is 10. The molecule has 0 aliphatic carbocycles. The van der Waals surface area contributed by atoms with Crippen molar-refractivity contribution in [1.29, 1.82) is 0 Å². The minimum Gasteiger partial charge on any atom is -0.387 e. The molecule has 0 radical (unpaired) electrons. The molecule has 3 N–H and O–H groups in total. The Hall–Kier alpha value is -3.27. The first-order valence-electron chi connectivity index (χ1n) is 13.7. The number of pyridine rings is 1. The molecule has 228 valence electrons. The van der Waals surface area contributed by atoms with Gasteiger partial charge in [0.05, 0.1) is 41.1 Å². The van der Waals surface area contributed by atoms with Crippen molar-refractivity contribution in [2.75, 3.05) is 11.9 Å². The molecule has 4 aromatic rings. The third-order valence-electron chi connectivity index (χ3n) is 7.65. The average molecular weight is 632 g/mol. The number of piperidine rings is 1. The SMILES string of the molecule is CC(C)n1c(C(C)(C)O)nc2c(F)cc(-c3nc(N[C@@H]4C[C@H]5CO[C@@H]([C@H]4O)N5S(=O)(=O)c4cccnc4)ncc3Cl)cc21. The minimum atomic E-state index is -3.96. The number of sulfonamides is 1. The van der Waals surface area contributed by atoms with Crippen LogP contribution < -0.4 is 5.32 Å². The van der Waals surface area contributed by atoms with Crippen molar-refractivity contribution in [1.82, 2.24) is 28.8 Å². The number of rotatable bonds is 7. The lowest BCUT2D eigenvalue weighted by Gasteiger charge is -2.39. The van der Waals surface area contributed by atoms with Crippen LogP contribution in [0.1, 0.15) is 46.0 Å². The van der Waals surface area contributed by atoms with Gasteiger partial charge in [-0.3, -0.25) is 4.98 Å². The Morgan fingerprint density at radius 3 is 2.67 bits per heavy atom. The van der Waals surface area contributed by atoms with Gasteiger partial charge in [-0.15, -0.1) is 0 Å². The molecular weight excluding hydrogens is 601 g/mol. The molecular formula is C28H31ClFN7O5S. The zero-order chi connectivity index (χ0) is 30.8. The van der Waals surface area contributed by atoms with Crippen LogP contribution in [0.2, 0.25) is 5.02 Å². The van der Waals surface area contributed by atoms with E-state index in [-0.39, 0.29) is 46.1 Å². The van der Waals surface area contributed by atoms with Gasteiger partial charge in [0.1, 0.15) is 27.9 Å². The number of anilines is 1. The van der Waals surface area contributed by atoms with Crippen LogP contribution in [0.5, 0.6) is 0 Å². The Morgan fingerprint density at radius 1 is 1.23 bits per heavy atom. The molecule has 2 aliphatic rings. The number of benzene rings is 1. The lowest BCUT2D eigenvalue weighted by Crippen LogP contribution is -2.58. The van der Waals surface area contributed by atoms with E-state index in [0.29, 0.717) is 16.9 Å². The number of ether oxygens (including phenoxy) is 1. The van der Waals surface area contributed by atoms with Gasteiger partial charge in [0.25, 0.3) is 0 Å². The summed E-state index contributed by atoms with van der Waals surface area (Å²) in [6.07, 6.45) is 1.96. The Labute approximate surface area is 252 Å². The summed E-state index contributed by atoms with van der Waals surface area (Å²) in [5, 5.41) is 25.1. The zero-order valence-electron chi connectivity index (χ0n) is 23.8. The van der Waals surface area contributed by atoms with Gasteiger partial charge in [0.2, 0.25) is 16.0 Å². The number of aliphatic hydroxyl groups is 2. The van der Waals surface area contributed by atoms with E-state index in [1.54, 1.807) is 24.5 Å². The van der Waals surface area contributed by atoms with Gasteiger partial charge < -0.3 is 24.8 Å². The summed E-state index contributed by atoms with van der Waals surface area (Å²) in [4.78, 5) is 17.1. The molecule has 2 aliphatic heterocycles. The van der Waals surface area contributed by atoms with Crippen molar-refractivity contribution in [3.63, 3.8) is 0 Å². The number of aliphatic hydroxyl groups excluding tert-OH is 1. The largest absolute Gasteiger partial charge is 0.387 e. The van der Waals surface area contributed by atoms with Crippen molar-refractivity contribution in [2.24, 2.45) is 0 Å². The van der Waals surface area contributed by atoms with Crippen molar-refractivity contribution < 1.29 is 27.8 Å². The number of fused-ring (bicyclic) bond motifs is 3. The van der Waals surface area contributed by atoms with E-state index in [2.05, 4.69) is 25.3 Å². The highest BCUT2D eigenvalue weighted by Crippen LogP contribution is 2.38. The van der Waals surface area contributed by atoms with Gasteiger partial charge in [0.15, 0.2) is 12.0 Å². The van der Waals surface area contributed by atoms with Crippen LogP contribution in [0.15, 0.2) is 47.8 Å². The fraction of sp³-hybridized carbons (Fsp3) is 0.429. The molecule has 0 saturated carbocycles. The third kappa shape index (κ3) is 5.15. The number of nitrogens with zero attached hydrogens (tertiary/aromatic N) is 6. The van der Waals surface area contributed by atoms with E-state index in [0.717, 1.165) is 0 Å². The van der Waals surface area contributed by atoms with Crippen molar-refractivity contribution in [3.05, 3.63) is 59.5 Å². The van der Waals surface area contributed by atoms with Gasteiger partial charge in [0, 0.05) is 24.0 Å². The highest BCUT2D eigenvalue weighted by atomic mass is 35.5. The van der Waals surface area contributed by atoms with E-state index in [9.17, 15) is 18.6 Å². The number of nitrogens with one attached hydrogen (secondary N) is 1. The first-order chi connectivity index (χ1) is 20.3. The second-order valence-electron chi connectivity index (χ2n) is 11.6. The molecule has 0 amide bonds. The number of halogens is 2. The first-order valence-corrected chi connectivity index (χ1v) is 15.6. The van der Waals surface area contributed by atoms with Crippen molar-refractivity contribution in [3.8, 4) is 11.3 Å². The standard InChI is InChI=1S/C28H31ClFN7O5S/c1-14(2)36-21-9-15(8-19(30)23(21)34-26(36)28(3,4)39)22-18(29)12-32-27(35-22)33-20-10-16-13-42-25(24(20)38)37(16)43(40,41)17-6-5-7-31-11-17/h5-9,11-12,14,16,20,24-25,38-39H,10,13H2,1-4H3,(H,32,33,35)/t16-,20+,24-,25-/m0/s1. The number of aromatic nitrogens is 5. The fourth-order valence-corrected chi connectivity index (χ4v) is 7.65. The lowest BCUT2D eigenvalue weighted by molar-refractivity contribution is -0.0555. The first kappa shape index (κ1) is 29.8. The van der Waals surface area contributed by atoms with Crippen LogP contribution >= 0.6 is 11.6 Å². The Kier molecular flexibility index (Phi) is 7.42. The highest BCUT2D eigenvalue weighted by Gasteiger charge is 2.53. The molecule has 4 atom stereocenters. The molecule has 0 unspecified atom stereocenters. The van der Waals surface area contributed by atoms with E-state index in [1.807, 2.05) is 13.8 Å². The molecule has 3 aromatic heterocycles. The molecule has 2 fully saturated rings. The summed E-state index contributed by atoms with van der Waals surface area (Å²) in [5.41, 5.74) is -0.115.